The van der Waals surface area contributed by atoms with Crippen LogP contribution >= 0.6 is 11.6 Å². The highest BCUT2D eigenvalue weighted by molar-refractivity contribution is 6.33. The summed E-state index contributed by atoms with van der Waals surface area (Å²) < 4.78 is 10.2. The molecule has 6 rings (SSSR count). The van der Waals surface area contributed by atoms with Crippen LogP contribution in [0, 0.1) is 0 Å². The topological polar surface area (TPSA) is 125 Å². The number of hydrogen-bond acceptors (Lipinski definition) is 7. The molecule has 2 saturated heterocycles. The van der Waals surface area contributed by atoms with Crippen LogP contribution in [0.25, 0.3) is 10.9 Å². The lowest BCUT2D eigenvalue weighted by Gasteiger charge is -2.32. The number of nitrogen functional groups attached to an aromatic ring is 1. The second-order valence-electron chi connectivity index (χ2n) is 12.5. The van der Waals surface area contributed by atoms with Crippen LogP contribution < -0.4 is 21.1 Å². The van der Waals surface area contributed by atoms with Gasteiger partial charge in [-0.25, -0.2) is 4.79 Å². The van der Waals surface area contributed by atoms with Gasteiger partial charge in [0.1, 0.15) is 12.4 Å². The normalized spacial score (nSPS) is 16.8. The first-order chi connectivity index (χ1) is 22.7. The fourth-order valence-corrected chi connectivity index (χ4v) is 6.14. The Labute approximate surface area is 281 Å². The molecule has 3 heterocycles. The Morgan fingerprint density at radius 2 is 1.87 bits per heavy atom. The first kappa shape index (κ1) is 34.1. The standard InChI is InChI=1S/C20H24ClN3O2.C16H21N3O2/c1-26-19-12-18(22)17(21)11-16(19)20(25)23-15-7-9-24(10-8-15)13-14-5-3-2-4-6-14;1-19(2)6-5-12-9-17-15-4-3-11(8-14(12)15)7-13-10-21-16(20)18-13/h2-6,11-12,15H,7-10,13,22H2,1H3,(H,23,25);3-4,8-9,13,17H,5-7,10H2,1-2H3,(H,18,20)/t;13-/m.0/s1. The van der Waals surface area contributed by atoms with Crippen molar-refractivity contribution >= 4 is 40.2 Å². The Morgan fingerprint density at radius 1 is 1.11 bits per heavy atom. The van der Waals surface area contributed by atoms with Gasteiger partial charge in [-0.3, -0.25) is 9.69 Å². The van der Waals surface area contributed by atoms with Crippen molar-refractivity contribution in [2.75, 3.05) is 53.2 Å². The summed E-state index contributed by atoms with van der Waals surface area (Å²) in [6.45, 7) is 4.35. The molecule has 4 aromatic rings. The maximum Gasteiger partial charge on any atom is 0.407 e. The Hall–Kier alpha value is -4.25. The number of piperidine rings is 1. The number of hydrogen-bond donors (Lipinski definition) is 4. The van der Waals surface area contributed by atoms with Gasteiger partial charge in [0.15, 0.2) is 0 Å². The number of aromatic amines is 1. The summed E-state index contributed by atoms with van der Waals surface area (Å²) in [5.74, 6) is 0.260. The molecular weight excluding hydrogens is 616 g/mol. The van der Waals surface area contributed by atoms with Crippen LogP contribution in [0.3, 0.4) is 0 Å². The molecule has 0 bridgehead atoms. The second kappa shape index (κ2) is 16.0. The van der Waals surface area contributed by atoms with Crippen molar-refractivity contribution in [3.8, 4) is 5.75 Å². The number of carbonyl (C=O) groups is 2. The van der Waals surface area contributed by atoms with Crippen molar-refractivity contribution < 1.29 is 19.1 Å². The van der Waals surface area contributed by atoms with Crippen LogP contribution in [0.1, 0.15) is 39.9 Å². The molecular formula is C36H45ClN6O4. The minimum atomic E-state index is -0.311. The number of amides is 2. The Bertz CT molecular complexity index is 1650. The fraction of sp³-hybridized carbons (Fsp3) is 0.389. The van der Waals surface area contributed by atoms with Gasteiger partial charge in [0.05, 0.1) is 29.4 Å². The van der Waals surface area contributed by atoms with Crippen LogP contribution in [0.2, 0.25) is 5.02 Å². The molecule has 3 aromatic carbocycles. The van der Waals surface area contributed by atoms with E-state index in [1.807, 2.05) is 6.07 Å². The molecule has 2 amide bonds. The summed E-state index contributed by atoms with van der Waals surface area (Å²) in [7, 11) is 5.69. The maximum absolute atomic E-state index is 12.6. The second-order valence-corrected chi connectivity index (χ2v) is 12.9. The number of nitrogens with two attached hydrogens (primary N) is 1. The molecule has 250 valence electrons. The van der Waals surface area contributed by atoms with Gasteiger partial charge in [-0.15, -0.1) is 0 Å². The Balaban J connectivity index is 0.000000189. The molecule has 0 unspecified atom stereocenters. The quantitative estimate of drug-likeness (QED) is 0.171. The van der Waals surface area contributed by atoms with Gasteiger partial charge in [0, 0.05) is 55.4 Å². The molecule has 10 nitrogen and oxygen atoms in total. The van der Waals surface area contributed by atoms with Crippen LogP contribution in [0.15, 0.2) is 66.9 Å². The van der Waals surface area contributed by atoms with Crippen LogP contribution in [-0.4, -0.2) is 86.3 Å². The number of aromatic nitrogens is 1. The van der Waals surface area contributed by atoms with Gasteiger partial charge in [0.2, 0.25) is 0 Å². The van der Waals surface area contributed by atoms with Crippen molar-refractivity contribution in [1.82, 2.24) is 25.4 Å². The number of H-pyrrole nitrogens is 1. The van der Waals surface area contributed by atoms with Gasteiger partial charge >= 0.3 is 6.09 Å². The molecule has 1 atom stereocenters. The minimum absolute atomic E-state index is 0.0825. The summed E-state index contributed by atoms with van der Waals surface area (Å²) in [5, 5.41) is 7.55. The summed E-state index contributed by atoms with van der Waals surface area (Å²) in [6.07, 6.45) is 5.46. The summed E-state index contributed by atoms with van der Waals surface area (Å²) in [4.78, 5) is 31.6. The fourth-order valence-electron chi connectivity index (χ4n) is 5.98. The average molecular weight is 661 g/mol. The summed E-state index contributed by atoms with van der Waals surface area (Å²) in [5.41, 5.74) is 11.6. The first-order valence-corrected chi connectivity index (χ1v) is 16.4. The Kier molecular flexibility index (Phi) is 11.6. The average Bonchev–Trinajstić information content (AvgIpc) is 3.67. The van der Waals surface area contributed by atoms with Crippen molar-refractivity contribution in [3.05, 3.63) is 94.1 Å². The van der Waals surface area contributed by atoms with Gasteiger partial charge in [0.25, 0.3) is 5.91 Å². The lowest BCUT2D eigenvalue weighted by Crippen LogP contribution is -2.44. The molecule has 11 heteroatoms. The number of methoxy groups -OCH3 is 1. The molecule has 0 radical (unpaired) electrons. The molecule has 5 N–H and O–H groups in total. The van der Waals surface area contributed by atoms with E-state index in [2.05, 4.69) is 88.2 Å². The van der Waals surface area contributed by atoms with Crippen molar-refractivity contribution in [1.29, 1.82) is 0 Å². The molecule has 2 fully saturated rings. The highest BCUT2D eigenvalue weighted by Crippen LogP contribution is 2.29. The number of benzene rings is 3. The SMILES string of the molecule is CN(C)CCc1c[nH]c2ccc(C[C@H]3COC(=O)N3)cc12.COc1cc(N)c(Cl)cc1C(=O)NC1CCN(Cc2ccccc2)CC1. The molecule has 0 saturated carbocycles. The number of anilines is 1. The monoisotopic (exact) mass is 660 g/mol. The van der Waals surface area contributed by atoms with E-state index in [0.717, 1.165) is 51.9 Å². The number of likely N-dealkylation sites (tertiary alicyclic amines) is 1. The third-order valence-electron chi connectivity index (χ3n) is 8.62. The number of rotatable bonds is 10. The predicted octanol–water partition coefficient (Wildman–Crippen LogP) is 5.25. The number of nitrogens with zero attached hydrogens (tertiary/aromatic N) is 2. The van der Waals surface area contributed by atoms with Gasteiger partial charge < -0.3 is 35.7 Å². The zero-order valence-corrected chi connectivity index (χ0v) is 28.1. The molecule has 1 aromatic heterocycles. The molecule has 2 aliphatic rings. The van der Waals surface area contributed by atoms with E-state index in [4.69, 9.17) is 26.8 Å². The number of fused-ring (bicyclic) bond motifs is 1. The Morgan fingerprint density at radius 3 is 2.55 bits per heavy atom. The zero-order valence-electron chi connectivity index (χ0n) is 27.4. The summed E-state index contributed by atoms with van der Waals surface area (Å²) >= 11 is 6.06. The van der Waals surface area contributed by atoms with E-state index in [9.17, 15) is 9.59 Å². The maximum atomic E-state index is 12.6. The van der Waals surface area contributed by atoms with Gasteiger partial charge in [-0.1, -0.05) is 48.0 Å². The van der Waals surface area contributed by atoms with E-state index in [-0.39, 0.29) is 24.1 Å². The van der Waals surface area contributed by atoms with Crippen LogP contribution in [-0.2, 0) is 24.1 Å². The van der Waals surface area contributed by atoms with Crippen LogP contribution in [0.4, 0.5) is 10.5 Å². The van der Waals surface area contributed by atoms with Crippen LogP contribution in [0.5, 0.6) is 5.75 Å². The third kappa shape index (κ3) is 9.41. The number of nitrogens with one attached hydrogen (secondary N) is 3. The number of cyclic esters (lactones) is 1. The largest absolute Gasteiger partial charge is 0.496 e. The van der Waals surface area contributed by atoms with Crippen molar-refractivity contribution in [3.63, 3.8) is 0 Å². The molecule has 47 heavy (non-hydrogen) atoms. The minimum Gasteiger partial charge on any atom is -0.496 e. The number of likely N-dealkylation sites (N-methyl/N-ethyl adjacent to an activating group) is 1. The third-order valence-corrected chi connectivity index (χ3v) is 8.94. The number of carbonyl (C=O) groups excluding carboxylic acids is 2. The van der Waals surface area contributed by atoms with E-state index >= 15 is 0 Å². The highest BCUT2D eigenvalue weighted by Gasteiger charge is 2.24. The van der Waals surface area contributed by atoms with E-state index in [1.165, 1.54) is 34.7 Å². The van der Waals surface area contributed by atoms with Crippen molar-refractivity contribution in [2.24, 2.45) is 0 Å². The van der Waals surface area contributed by atoms with Crippen molar-refractivity contribution in [2.45, 2.75) is 44.3 Å². The van der Waals surface area contributed by atoms with E-state index in [1.54, 1.807) is 12.1 Å². The predicted molar refractivity (Wildman–Crippen MR) is 187 cm³/mol. The van der Waals surface area contributed by atoms with Gasteiger partial charge in [-0.05, 0) is 74.7 Å². The smallest absolute Gasteiger partial charge is 0.407 e. The number of halogens is 1. The molecule has 2 aliphatic heterocycles. The van der Waals surface area contributed by atoms with Gasteiger partial charge in [-0.2, -0.15) is 0 Å². The lowest BCUT2D eigenvalue weighted by molar-refractivity contribution is 0.0906. The first-order valence-electron chi connectivity index (χ1n) is 16.1. The highest BCUT2D eigenvalue weighted by atomic mass is 35.5. The zero-order chi connectivity index (χ0) is 33.3. The lowest BCUT2D eigenvalue weighted by atomic mass is 10.0. The van der Waals surface area contributed by atoms with E-state index in [0.29, 0.717) is 28.6 Å². The molecule has 0 spiro atoms. The summed E-state index contributed by atoms with van der Waals surface area (Å²) in [6, 6.07) is 20.3. The number of ether oxygens (including phenoxy) is 2. The number of alkyl carbamates (subject to hydrolysis) is 1. The van der Waals surface area contributed by atoms with E-state index < -0.39 is 0 Å². The molecule has 0 aliphatic carbocycles.